The van der Waals surface area contributed by atoms with E-state index in [0.717, 1.165) is 24.2 Å². The maximum Gasteiger partial charge on any atom is 0.341 e. The Labute approximate surface area is 344 Å². The third-order valence-electron chi connectivity index (χ3n) is 15.4. The molecule has 18 heteroatoms. The number of Topliss-reactive ketones (excluding diaryl/α,β-unsaturated/α-hetero) is 2. The SMILES string of the molecule is CCC1C(OC)CC(O[C@H]2O[C@H](CO)[C@](O)(C[C@H](CN3C(=O)C=CC3=O)C3CC[NH2+]C(N)C3)[C@H](O)[C@H]2O)C2C(=O)C3C(CC4CCC[C@@H](NC(N)=[NH+]C)C4C3O)C(=O)C12. The number of aliphatic hydroxyl groups is 5. The van der Waals surface area contributed by atoms with Crippen LogP contribution in [-0.4, -0.2) is 154 Å². The standard InChI is InChI=1S/C41H64N6O12/c1-4-21-24(57-3)14-25(33-31(21)34(51)22-12-19-6-5-7-23(46-40(43)44-2)30(19)35(52)32(22)36(33)53)58-39-37(54)38(55)41(56,26(17-48)59-39)15-20(18-10-11-45-27(42)13-18)16-47-28(49)8-9-29(47)50/h8-9,18-27,30-33,35,37-39,45,48,52,54-56H,4-7,10-17,42H2,1-3H3,(H3,43,44,46)/p+2/t18?,19?,20-,21?,22?,23-,24?,25?,26-,27?,30?,31?,32?,33?,35?,37-,38-,39+,41-/m1/s1. The predicted octanol–water partition coefficient (Wildman–Crippen LogP) is -5.04. The number of nitrogens with two attached hydrogens (primary N) is 3. The Morgan fingerprint density at radius 1 is 1.03 bits per heavy atom. The third-order valence-corrected chi connectivity index (χ3v) is 15.4. The highest BCUT2D eigenvalue weighted by Gasteiger charge is 2.65. The summed E-state index contributed by atoms with van der Waals surface area (Å²) < 4.78 is 18.6. The topological polar surface area (TPSA) is 295 Å². The van der Waals surface area contributed by atoms with Gasteiger partial charge >= 0.3 is 5.96 Å². The van der Waals surface area contributed by atoms with Crippen LogP contribution in [0.5, 0.6) is 0 Å². The Bertz CT molecular complexity index is 1630. The van der Waals surface area contributed by atoms with E-state index in [1.165, 1.54) is 19.3 Å². The van der Waals surface area contributed by atoms with Crippen LogP contribution in [0.3, 0.4) is 0 Å². The number of methoxy groups -OCH3 is 1. The molecule has 0 spiro atoms. The molecule has 2 saturated heterocycles. The normalized spacial score (nSPS) is 45.8. The lowest BCUT2D eigenvalue weighted by molar-refractivity contribution is -0.699. The monoisotopic (exact) mass is 834 g/mol. The molecule has 0 aromatic rings. The summed E-state index contributed by atoms with van der Waals surface area (Å²) in [4.78, 5) is 59.0. The lowest BCUT2D eigenvalue weighted by Crippen LogP contribution is -2.94. The highest BCUT2D eigenvalue weighted by atomic mass is 16.7. The molecule has 12 unspecified atom stereocenters. The van der Waals surface area contributed by atoms with Crippen molar-refractivity contribution in [3.8, 4) is 0 Å². The number of piperidine rings is 1. The first-order valence-electron chi connectivity index (χ1n) is 21.6. The van der Waals surface area contributed by atoms with E-state index in [0.29, 0.717) is 38.2 Å². The average Bonchev–Trinajstić information content (AvgIpc) is 3.54. The fourth-order valence-electron chi connectivity index (χ4n) is 12.5. The second-order valence-electron chi connectivity index (χ2n) is 18.3. The Morgan fingerprint density at radius 2 is 1.76 bits per heavy atom. The molecule has 19 atom stereocenters. The zero-order valence-corrected chi connectivity index (χ0v) is 34.3. The zero-order valence-electron chi connectivity index (χ0n) is 34.3. The van der Waals surface area contributed by atoms with Crippen LogP contribution in [0.1, 0.15) is 64.7 Å². The van der Waals surface area contributed by atoms with Gasteiger partial charge in [0.1, 0.15) is 41.6 Å². The molecular formula is C41H66N6O12+2. The van der Waals surface area contributed by atoms with Crippen molar-refractivity contribution in [1.29, 1.82) is 0 Å². The van der Waals surface area contributed by atoms with Gasteiger partial charge in [-0.15, -0.1) is 0 Å². The lowest BCUT2D eigenvalue weighted by Gasteiger charge is -2.56. The summed E-state index contributed by atoms with van der Waals surface area (Å²) in [5, 5.41) is 63.9. The zero-order chi connectivity index (χ0) is 42.5. The number of ketones is 2. The molecule has 13 N–H and O–H groups in total. The summed E-state index contributed by atoms with van der Waals surface area (Å²) in [5.41, 5.74) is 10.1. The van der Waals surface area contributed by atoms with Gasteiger partial charge in [0, 0.05) is 56.4 Å². The average molecular weight is 835 g/mol. The van der Waals surface area contributed by atoms with Crippen molar-refractivity contribution in [2.45, 2.75) is 125 Å². The Hall–Kier alpha value is -2.91. The number of ether oxygens (including phenoxy) is 3. The summed E-state index contributed by atoms with van der Waals surface area (Å²) in [5.74, 6) is -6.00. The van der Waals surface area contributed by atoms with Gasteiger partial charge in [-0.3, -0.25) is 45.9 Å². The molecule has 59 heavy (non-hydrogen) atoms. The van der Waals surface area contributed by atoms with Crippen molar-refractivity contribution in [3.63, 3.8) is 0 Å². The van der Waals surface area contributed by atoms with Crippen LogP contribution < -0.4 is 27.1 Å². The molecule has 7 aliphatic rings. The van der Waals surface area contributed by atoms with E-state index in [9.17, 15) is 44.7 Å². The molecular weight excluding hydrogens is 768 g/mol. The fourth-order valence-corrected chi connectivity index (χ4v) is 12.5. The van der Waals surface area contributed by atoms with E-state index >= 15 is 0 Å². The first-order valence-corrected chi connectivity index (χ1v) is 21.6. The molecule has 4 saturated carbocycles. The molecule has 0 radical (unpaired) electrons. The number of amides is 2. The quantitative estimate of drug-likeness (QED) is 0.0530. The van der Waals surface area contributed by atoms with Gasteiger partial charge in [0.05, 0.1) is 56.4 Å². The molecule has 0 aromatic carbocycles. The second kappa shape index (κ2) is 17.8. The minimum Gasteiger partial charge on any atom is -0.394 e. The van der Waals surface area contributed by atoms with E-state index in [1.807, 2.05) is 12.2 Å². The number of hydrogen-bond acceptors (Lipinski definition) is 13. The number of nitrogens with zero attached hydrogens (tertiary/aromatic N) is 1. The number of fused-ring (bicyclic) bond motifs is 3. The van der Waals surface area contributed by atoms with Crippen LogP contribution in [0.2, 0.25) is 0 Å². The Balaban J connectivity index is 1.15. The van der Waals surface area contributed by atoms with E-state index in [-0.39, 0.29) is 66.8 Å². The minimum absolute atomic E-state index is 0.00611. The second-order valence-corrected chi connectivity index (χ2v) is 18.3. The van der Waals surface area contributed by atoms with Gasteiger partial charge in [0.2, 0.25) is 0 Å². The molecule has 3 aliphatic heterocycles. The molecule has 0 bridgehead atoms. The number of rotatable bonds is 11. The third kappa shape index (κ3) is 8.03. The van der Waals surface area contributed by atoms with E-state index in [4.69, 9.17) is 25.7 Å². The van der Waals surface area contributed by atoms with Crippen molar-refractivity contribution in [3.05, 3.63) is 12.2 Å². The highest BCUT2D eigenvalue weighted by molar-refractivity contribution is 6.12. The number of hydrogen-bond donors (Lipinski definition) is 10. The largest absolute Gasteiger partial charge is 0.394 e. The van der Waals surface area contributed by atoms with Gasteiger partial charge in [-0.05, 0) is 62.2 Å². The first kappa shape index (κ1) is 44.2. The van der Waals surface area contributed by atoms with E-state index in [2.05, 4.69) is 10.3 Å². The molecule has 330 valence electrons. The molecule has 4 aliphatic carbocycles. The van der Waals surface area contributed by atoms with Crippen LogP contribution in [0.25, 0.3) is 0 Å². The van der Waals surface area contributed by atoms with Crippen molar-refractivity contribution >= 4 is 29.3 Å². The maximum atomic E-state index is 15.0. The van der Waals surface area contributed by atoms with Crippen LogP contribution in [0.4, 0.5) is 0 Å². The van der Waals surface area contributed by atoms with Gasteiger partial charge in [-0.2, -0.15) is 0 Å². The van der Waals surface area contributed by atoms with Gasteiger partial charge in [0.15, 0.2) is 6.29 Å². The summed E-state index contributed by atoms with van der Waals surface area (Å²) in [6, 6.07) is -0.209. The first-order chi connectivity index (χ1) is 28.2. The van der Waals surface area contributed by atoms with Crippen molar-refractivity contribution in [1.82, 2.24) is 10.2 Å². The number of imide groups is 1. The Morgan fingerprint density at radius 3 is 2.41 bits per heavy atom. The Kier molecular flexibility index (Phi) is 13.3. The van der Waals surface area contributed by atoms with E-state index in [1.54, 1.807) is 7.05 Å². The van der Waals surface area contributed by atoms with Crippen molar-refractivity contribution in [2.75, 3.05) is 33.9 Å². The predicted molar refractivity (Wildman–Crippen MR) is 207 cm³/mol. The summed E-state index contributed by atoms with van der Waals surface area (Å²) in [6.07, 6.45) is -3.17. The van der Waals surface area contributed by atoms with Gasteiger partial charge < -0.3 is 45.1 Å². The number of carbonyl (C=O) groups excluding carboxylic acids is 4. The highest BCUT2D eigenvalue weighted by Crippen LogP contribution is 2.55. The molecule has 7 rings (SSSR count). The summed E-state index contributed by atoms with van der Waals surface area (Å²) >= 11 is 0. The molecule has 18 nitrogen and oxygen atoms in total. The molecule has 3 heterocycles. The van der Waals surface area contributed by atoms with Crippen molar-refractivity contribution < 1.29 is 69.2 Å². The van der Waals surface area contributed by atoms with Crippen LogP contribution >= 0.6 is 0 Å². The van der Waals surface area contributed by atoms with Gasteiger partial charge in [0.25, 0.3) is 11.8 Å². The van der Waals surface area contributed by atoms with E-state index < -0.39 is 96.5 Å². The number of nitrogens with one attached hydrogen (secondary N) is 2. The maximum absolute atomic E-state index is 15.0. The van der Waals surface area contributed by atoms with Crippen molar-refractivity contribution in [2.24, 2.45) is 64.7 Å². The smallest absolute Gasteiger partial charge is 0.341 e. The van der Waals surface area contributed by atoms with Crippen LogP contribution in [0.15, 0.2) is 12.2 Å². The summed E-state index contributed by atoms with van der Waals surface area (Å²) in [7, 11) is 3.23. The minimum atomic E-state index is -2.27. The number of aliphatic hydroxyl groups excluding tert-OH is 4. The van der Waals surface area contributed by atoms with Gasteiger partial charge in [-0.25, -0.2) is 0 Å². The van der Waals surface area contributed by atoms with Crippen LogP contribution in [0, 0.1) is 53.3 Å². The molecule has 6 fully saturated rings. The summed E-state index contributed by atoms with van der Waals surface area (Å²) in [6.45, 7) is 1.72. The number of carbonyl (C=O) groups is 4. The number of guanidine groups is 1. The van der Waals surface area contributed by atoms with Gasteiger partial charge in [-0.1, -0.05) is 13.3 Å². The fraction of sp³-hybridized carbons (Fsp3) is 0.829. The number of quaternary nitrogens is 1. The molecule has 2 amide bonds. The molecule has 0 aromatic heterocycles. The van der Waals surface area contributed by atoms with Crippen LogP contribution in [-0.2, 0) is 33.4 Å². The lowest BCUT2D eigenvalue weighted by atomic mass is 9.49.